The van der Waals surface area contributed by atoms with Gasteiger partial charge in [0.1, 0.15) is 18.3 Å². The van der Waals surface area contributed by atoms with Gasteiger partial charge in [0.2, 0.25) is 6.29 Å². The number of aliphatic hydroxyl groups is 3. The minimum Gasteiger partial charge on any atom is -0.504 e. The second kappa shape index (κ2) is 7.01. The largest absolute Gasteiger partial charge is 0.504 e. The number of carbonyl (C=O) groups is 2. The van der Waals surface area contributed by atoms with Crippen LogP contribution in [-0.2, 0) is 14.3 Å². The highest BCUT2D eigenvalue weighted by atomic mass is 16.7. The highest BCUT2D eigenvalue weighted by Crippen LogP contribution is 2.28. The zero-order valence-electron chi connectivity index (χ0n) is 12.4. The van der Waals surface area contributed by atoms with E-state index < -0.39 is 42.6 Å². The number of hydrogen-bond acceptors (Lipinski definition) is 9. The van der Waals surface area contributed by atoms with Crippen LogP contribution >= 0.6 is 0 Å². The van der Waals surface area contributed by atoms with Gasteiger partial charge in [0.05, 0.1) is 12.7 Å². The normalized spacial score (nSPS) is 29.8. The molecule has 5 N–H and O–H groups in total. The summed E-state index contributed by atoms with van der Waals surface area (Å²) in [6.45, 7) is 0. The minimum absolute atomic E-state index is 0.00608. The molecule has 1 saturated heterocycles. The molecule has 1 aliphatic rings. The molecule has 10 nitrogen and oxygen atoms in total. The minimum atomic E-state index is -1.89. The molecule has 0 aromatic heterocycles. The van der Waals surface area contributed by atoms with E-state index in [1.165, 1.54) is 19.2 Å². The first-order chi connectivity index (χ1) is 11.3. The highest BCUT2D eigenvalue weighted by molar-refractivity contribution is 5.90. The van der Waals surface area contributed by atoms with Gasteiger partial charge in [0.15, 0.2) is 17.6 Å². The summed E-state index contributed by atoms with van der Waals surface area (Å²) in [5, 5.41) is 47.4. The predicted molar refractivity (Wildman–Crippen MR) is 74.4 cm³/mol. The summed E-state index contributed by atoms with van der Waals surface area (Å²) in [7, 11) is 1.27. The van der Waals surface area contributed by atoms with Crippen LogP contribution in [0.15, 0.2) is 18.2 Å². The zero-order chi connectivity index (χ0) is 18.0. The molecular weight excluding hydrogens is 328 g/mol. The molecular formula is C14H16O10. The molecule has 2 rings (SSSR count). The molecule has 1 fully saturated rings. The molecule has 0 saturated carbocycles. The Labute approximate surface area is 135 Å². The molecule has 0 spiro atoms. The molecule has 0 radical (unpaired) electrons. The van der Waals surface area contributed by atoms with Gasteiger partial charge in [-0.3, -0.25) is 0 Å². The first kappa shape index (κ1) is 17.9. The Morgan fingerprint density at radius 3 is 2.38 bits per heavy atom. The van der Waals surface area contributed by atoms with Gasteiger partial charge in [0, 0.05) is 0 Å². The molecule has 132 valence electrons. The summed E-state index contributed by atoms with van der Waals surface area (Å²) >= 11 is 0. The maximum atomic E-state index is 12.1. The van der Waals surface area contributed by atoms with E-state index in [9.17, 15) is 30.0 Å². The number of aromatic hydroxyl groups is 1. The van der Waals surface area contributed by atoms with Crippen molar-refractivity contribution in [3.8, 4) is 11.5 Å². The number of ether oxygens (including phenoxy) is 3. The van der Waals surface area contributed by atoms with E-state index in [4.69, 9.17) is 19.3 Å². The van der Waals surface area contributed by atoms with Crippen molar-refractivity contribution in [3.63, 3.8) is 0 Å². The van der Waals surface area contributed by atoms with Crippen LogP contribution in [0.1, 0.15) is 10.4 Å². The summed E-state index contributed by atoms with van der Waals surface area (Å²) in [4.78, 5) is 23.0. The van der Waals surface area contributed by atoms with Gasteiger partial charge in [-0.15, -0.1) is 0 Å². The fourth-order valence-electron chi connectivity index (χ4n) is 2.13. The molecule has 1 heterocycles. The smallest absolute Gasteiger partial charge is 0.340 e. The van der Waals surface area contributed by atoms with Crippen LogP contribution in [-0.4, -0.2) is 75.3 Å². The number of esters is 1. The number of carbonyl (C=O) groups excluding carboxylic acids is 1. The van der Waals surface area contributed by atoms with E-state index in [1.807, 2.05) is 0 Å². The molecule has 0 aliphatic carbocycles. The lowest BCUT2D eigenvalue weighted by molar-refractivity contribution is -0.278. The quantitative estimate of drug-likeness (QED) is 0.404. The molecule has 0 amide bonds. The lowest BCUT2D eigenvalue weighted by atomic mass is 9.99. The van der Waals surface area contributed by atoms with Crippen molar-refractivity contribution in [2.24, 2.45) is 0 Å². The average molecular weight is 344 g/mol. The van der Waals surface area contributed by atoms with Crippen LogP contribution in [0.5, 0.6) is 11.5 Å². The second-order valence-electron chi connectivity index (χ2n) is 5.03. The summed E-state index contributed by atoms with van der Waals surface area (Å²) in [6.07, 6.45) is -9.31. The Morgan fingerprint density at radius 1 is 1.12 bits per heavy atom. The number of carboxylic acid groups (broad SMARTS) is 1. The zero-order valence-corrected chi connectivity index (χ0v) is 12.4. The van der Waals surface area contributed by atoms with Crippen molar-refractivity contribution in [2.45, 2.75) is 30.7 Å². The molecule has 1 aromatic rings. The van der Waals surface area contributed by atoms with Gasteiger partial charge in [-0.25, -0.2) is 9.59 Å². The van der Waals surface area contributed by atoms with Gasteiger partial charge in [-0.05, 0) is 18.2 Å². The standard InChI is InChI=1S/C14H16O10/c1-22-7-4-5(2-3-6(7)15)13(21)24-14-10(18)8(16)9(17)11(23-14)12(19)20/h2-4,8-11,14-18H,1H3,(H,19,20)/t8-,9-,10+,11-,14?/m0/s1. The van der Waals surface area contributed by atoms with Crippen LogP contribution < -0.4 is 4.74 Å². The Balaban J connectivity index is 2.16. The maximum absolute atomic E-state index is 12.1. The molecule has 1 aromatic carbocycles. The number of phenols is 1. The van der Waals surface area contributed by atoms with E-state index >= 15 is 0 Å². The van der Waals surface area contributed by atoms with Crippen molar-refractivity contribution in [1.29, 1.82) is 0 Å². The topological polar surface area (TPSA) is 163 Å². The van der Waals surface area contributed by atoms with E-state index in [2.05, 4.69) is 0 Å². The molecule has 24 heavy (non-hydrogen) atoms. The molecule has 1 unspecified atom stereocenters. The summed E-state index contributed by atoms with van der Waals surface area (Å²) in [5.74, 6) is -2.84. The van der Waals surface area contributed by atoms with Gasteiger partial charge in [0.25, 0.3) is 0 Å². The van der Waals surface area contributed by atoms with Crippen LogP contribution in [0.3, 0.4) is 0 Å². The van der Waals surface area contributed by atoms with Crippen molar-refractivity contribution in [1.82, 2.24) is 0 Å². The third kappa shape index (κ3) is 3.41. The first-order valence-electron chi connectivity index (χ1n) is 6.76. The van der Waals surface area contributed by atoms with Crippen LogP contribution in [0.25, 0.3) is 0 Å². The van der Waals surface area contributed by atoms with Crippen LogP contribution in [0, 0.1) is 0 Å². The summed E-state index contributed by atoms with van der Waals surface area (Å²) in [5.41, 5.74) is -0.0760. The fourth-order valence-corrected chi connectivity index (χ4v) is 2.13. The van der Waals surface area contributed by atoms with Gasteiger partial charge < -0.3 is 39.7 Å². The molecule has 5 atom stereocenters. The van der Waals surface area contributed by atoms with Crippen molar-refractivity contribution >= 4 is 11.9 Å². The Bertz CT molecular complexity index is 630. The first-order valence-corrected chi connectivity index (χ1v) is 6.76. The summed E-state index contributed by atoms with van der Waals surface area (Å²) in [6, 6.07) is 3.54. The number of phenolic OH excluding ortho intramolecular Hbond substituents is 1. The summed E-state index contributed by atoms with van der Waals surface area (Å²) < 4.78 is 14.5. The monoisotopic (exact) mass is 344 g/mol. The van der Waals surface area contributed by atoms with Crippen molar-refractivity contribution in [2.75, 3.05) is 7.11 Å². The number of carboxylic acids is 1. The Hall–Kier alpha value is -2.40. The van der Waals surface area contributed by atoms with E-state index in [0.29, 0.717) is 0 Å². The third-order valence-corrected chi connectivity index (χ3v) is 3.45. The van der Waals surface area contributed by atoms with Gasteiger partial charge in [-0.2, -0.15) is 0 Å². The third-order valence-electron chi connectivity index (χ3n) is 3.45. The van der Waals surface area contributed by atoms with Gasteiger partial charge >= 0.3 is 11.9 Å². The number of benzene rings is 1. The number of hydrogen-bond donors (Lipinski definition) is 5. The SMILES string of the molecule is COc1cc(C(=O)OC2O[C@H](C(=O)O)[C@@H](O)[C@H](O)[C@H]2O)ccc1O. The predicted octanol–water partition coefficient (Wildman–Crippen LogP) is -1.55. The van der Waals surface area contributed by atoms with E-state index in [0.717, 1.165) is 6.07 Å². The number of rotatable bonds is 4. The fraction of sp³-hybridized carbons (Fsp3) is 0.429. The lowest BCUT2D eigenvalue weighted by Crippen LogP contribution is -2.60. The lowest BCUT2D eigenvalue weighted by Gasteiger charge is -2.37. The van der Waals surface area contributed by atoms with E-state index in [-0.39, 0.29) is 17.1 Å². The van der Waals surface area contributed by atoms with Crippen molar-refractivity contribution in [3.05, 3.63) is 23.8 Å². The highest BCUT2D eigenvalue weighted by Gasteiger charge is 2.48. The van der Waals surface area contributed by atoms with E-state index in [1.54, 1.807) is 0 Å². The maximum Gasteiger partial charge on any atom is 0.340 e. The molecule has 0 bridgehead atoms. The Morgan fingerprint density at radius 2 is 1.79 bits per heavy atom. The average Bonchev–Trinajstić information content (AvgIpc) is 2.55. The van der Waals surface area contributed by atoms with Gasteiger partial charge in [-0.1, -0.05) is 0 Å². The molecule has 10 heteroatoms. The second-order valence-corrected chi connectivity index (χ2v) is 5.03. The Kier molecular flexibility index (Phi) is 5.24. The van der Waals surface area contributed by atoms with Crippen molar-refractivity contribution < 1.29 is 49.3 Å². The van der Waals surface area contributed by atoms with Crippen LogP contribution in [0.4, 0.5) is 0 Å². The molecule has 1 aliphatic heterocycles. The van der Waals surface area contributed by atoms with Crippen LogP contribution in [0.2, 0.25) is 0 Å². The number of aliphatic hydroxyl groups excluding tert-OH is 3. The number of methoxy groups -OCH3 is 1. The number of aliphatic carboxylic acids is 1.